The Morgan fingerprint density at radius 2 is 0.641 bits per heavy atom. The fourth-order valence-electron chi connectivity index (χ4n) is 16.8. The highest BCUT2D eigenvalue weighted by Gasteiger charge is 2.36. The molecule has 3 saturated heterocycles. The Bertz CT molecular complexity index is 5800. The summed E-state index contributed by atoms with van der Waals surface area (Å²) < 4.78 is 35.6. The number of nitrogens with zero attached hydrogens (tertiary/aromatic N) is 10. The monoisotopic (exact) mass is 1890 g/mol. The number of carbonyl (C=O) groups excluding carboxylic acids is 10. The Morgan fingerprint density at radius 1 is 0.351 bits per heavy atom. The van der Waals surface area contributed by atoms with E-state index in [4.69, 9.17) is 43.9 Å². The van der Waals surface area contributed by atoms with E-state index < -0.39 is 15.2 Å². The lowest BCUT2D eigenvalue weighted by atomic mass is 10.0. The van der Waals surface area contributed by atoms with Crippen LogP contribution in [-0.2, 0) is 95.9 Å². The molecule has 0 radical (unpaired) electrons. The molecule has 0 bridgehead atoms. The molecule has 10 amide bonds. The number of thioether (sulfide) groups is 1. The minimum atomic E-state index is -4.21. The first-order chi connectivity index (χ1) is 63.1. The van der Waals surface area contributed by atoms with Crippen molar-refractivity contribution in [2.24, 2.45) is 0 Å². The third-order valence-electron chi connectivity index (χ3n) is 23.9. The van der Waals surface area contributed by atoms with Gasteiger partial charge >= 0.3 is 15.2 Å². The maximum absolute atomic E-state index is 13.9. The lowest BCUT2D eigenvalue weighted by molar-refractivity contribution is -0.130. The quantitative estimate of drug-likeness (QED) is 0.0397. The van der Waals surface area contributed by atoms with Crippen molar-refractivity contribution in [2.75, 3.05) is 124 Å². The summed E-state index contributed by atoms with van der Waals surface area (Å²) in [5.41, 5.74) is 12.6. The minimum absolute atomic E-state index is 0.00343. The van der Waals surface area contributed by atoms with Gasteiger partial charge in [0.25, 0.3) is 35.4 Å². The minimum Gasteiger partial charge on any atom is -0.341 e. The predicted molar refractivity (Wildman–Crippen MR) is 508 cm³/mol. The zero-order valence-corrected chi connectivity index (χ0v) is 78.0. The Morgan fingerprint density at radius 3 is 0.962 bits per heavy atom. The van der Waals surface area contributed by atoms with Crippen LogP contribution in [0.4, 0.5) is 17.1 Å². The number of hydrogen-bond acceptors (Lipinski definition) is 15. The van der Waals surface area contributed by atoms with Crippen LogP contribution in [0.3, 0.4) is 0 Å². The molecule has 16 rings (SSSR count). The van der Waals surface area contributed by atoms with Crippen LogP contribution in [0.15, 0.2) is 212 Å². The fourth-order valence-corrected chi connectivity index (χ4v) is 20.3. The maximum Gasteiger partial charge on any atom is 0.330 e. The topological polar surface area (TPSA) is 296 Å². The Kier molecular flexibility index (Phi) is 32.6. The standard InChI is InChI=1S/C35H35ClN4O4S.C34H39ClN3O6P.C30H31ClN3O6P/c36-30-12-10-28(11-13-30)35(44)39-23-29-9-3-25(6-14-32(41)37-17-19-45-20-18-37)21-31(29)40(33(42)24-39)22-26-4-7-27(8-5-26)34(43)38-15-1-2-16-38;1-3-43-45(42,44-4-2)20-17-25-7-12-29-23-37(34(41)28-13-15-30(35)16-14-28)24-32(39)38(31(29)21-25)22-26-8-10-27(11-9-26)33(40)36-18-5-6-19-36;31-26-11-9-24(10-12-26)30(37)33-19-25-8-3-21(13-16-41(38,39)40)17-27(25)34(28(35)20-33)18-22-4-6-23(7-5-22)29(36)32-14-1-2-15-32/h1-5,7-13,21H,6,14-20,22-24H2;7-16,21H,3-6,17-20,22-24H2,1-2H3;3-12,17H,1-2,13-16,18-20H2,(H2,38,39,40). The zero-order chi connectivity index (χ0) is 92.5. The van der Waals surface area contributed by atoms with Crippen LogP contribution < -0.4 is 14.7 Å². The molecular weight excluding hydrogens is 1790 g/mol. The number of halogens is 3. The van der Waals surface area contributed by atoms with Crippen molar-refractivity contribution < 1.29 is 75.9 Å². The van der Waals surface area contributed by atoms with Crippen molar-refractivity contribution >= 4 is 138 Å². The molecule has 7 heterocycles. The SMILES string of the molecule is CCOP(=O)(CCc1ccc2c(c1)N(Cc1ccc(C(=O)N3CCCC3)cc1)C(=O)CN(C(=O)c1ccc(Cl)cc1)C2)OCC.O=C(CCc1ccc2c(c1)N(Cc1ccc(C(=O)N3CC=CC3)cc1)C(=O)CN(C(=O)c1ccc(Cl)cc1)C2)N1CCSCC1.O=C(c1ccc(CN2C(=O)CN(C(=O)c3ccc(Cl)cc3)Cc3ccc(CCP(=O)(O)O)cc32)cc1)N1CCCC1. The first kappa shape index (κ1) is 96.0. The average Bonchev–Trinajstić information content (AvgIpc) is 1.68. The number of anilines is 3. The molecule has 32 heteroatoms. The van der Waals surface area contributed by atoms with Gasteiger partial charge in [-0.05, 0) is 236 Å². The van der Waals surface area contributed by atoms with E-state index in [2.05, 4.69) is 0 Å². The molecule has 131 heavy (non-hydrogen) atoms. The second kappa shape index (κ2) is 44.4. The summed E-state index contributed by atoms with van der Waals surface area (Å²) in [6.45, 7) is 11.0. The van der Waals surface area contributed by atoms with Crippen molar-refractivity contribution in [1.82, 2.24) is 34.3 Å². The first-order valence-corrected chi connectivity index (χ1v) is 49.9. The van der Waals surface area contributed by atoms with Gasteiger partial charge in [-0.15, -0.1) is 0 Å². The summed E-state index contributed by atoms with van der Waals surface area (Å²) in [7, 11) is -7.47. The molecule has 3 fully saturated rings. The molecule has 0 saturated carbocycles. The van der Waals surface area contributed by atoms with E-state index in [0.717, 1.165) is 127 Å². The molecular formula is C99H105Cl3N10O16P2S. The summed E-state index contributed by atoms with van der Waals surface area (Å²) in [6, 6.07) is 58.8. The van der Waals surface area contributed by atoms with Gasteiger partial charge in [-0.3, -0.25) is 57.1 Å². The zero-order valence-electron chi connectivity index (χ0n) is 73.1. The van der Waals surface area contributed by atoms with E-state index in [9.17, 15) is 66.9 Å². The number of hydrogen-bond donors (Lipinski definition) is 2. The summed E-state index contributed by atoms with van der Waals surface area (Å²) in [5.74, 6) is 0.515. The van der Waals surface area contributed by atoms with Crippen molar-refractivity contribution in [3.63, 3.8) is 0 Å². The molecule has 9 aromatic carbocycles. The number of amides is 10. The predicted octanol–water partition coefficient (Wildman–Crippen LogP) is 16.1. The number of benzene rings is 9. The molecule has 684 valence electrons. The summed E-state index contributed by atoms with van der Waals surface area (Å²) >= 11 is 19.9. The molecule has 0 aromatic heterocycles. The third kappa shape index (κ3) is 25.2. The van der Waals surface area contributed by atoms with Gasteiger partial charge in [-0.25, -0.2) is 0 Å². The molecule has 0 atom stereocenters. The van der Waals surface area contributed by atoms with Gasteiger partial charge in [0.05, 0.1) is 45.2 Å². The van der Waals surface area contributed by atoms with Gasteiger partial charge in [0.15, 0.2) is 0 Å². The molecule has 7 aliphatic rings. The van der Waals surface area contributed by atoms with Crippen molar-refractivity contribution in [3.8, 4) is 0 Å². The van der Waals surface area contributed by atoms with Crippen LogP contribution in [0.2, 0.25) is 15.1 Å². The van der Waals surface area contributed by atoms with E-state index in [1.807, 2.05) is 124 Å². The fraction of sp³-hybridized carbons (Fsp3) is 0.333. The Hall–Kier alpha value is -11.1. The number of fused-ring (bicyclic) bond motifs is 3. The largest absolute Gasteiger partial charge is 0.341 e. The van der Waals surface area contributed by atoms with E-state index in [-0.39, 0.29) is 150 Å². The van der Waals surface area contributed by atoms with Crippen LogP contribution in [0.5, 0.6) is 0 Å². The molecule has 7 aliphatic heterocycles. The highest BCUT2D eigenvalue weighted by molar-refractivity contribution is 7.99. The van der Waals surface area contributed by atoms with Crippen molar-refractivity contribution in [1.29, 1.82) is 0 Å². The normalized spacial score (nSPS) is 15.8. The van der Waals surface area contributed by atoms with Gasteiger partial charge in [0.1, 0.15) is 19.6 Å². The summed E-state index contributed by atoms with van der Waals surface area (Å²) in [4.78, 5) is 169. The number of carbonyl (C=O) groups is 10. The maximum atomic E-state index is 13.9. The number of rotatable bonds is 25. The van der Waals surface area contributed by atoms with Gasteiger partial charge < -0.3 is 67.8 Å². The first-order valence-electron chi connectivity index (χ1n) is 44.1. The second-order valence-electron chi connectivity index (χ2n) is 33.2. The van der Waals surface area contributed by atoms with Crippen LogP contribution in [-0.4, -0.2) is 212 Å². The highest BCUT2D eigenvalue weighted by atomic mass is 35.5. The third-order valence-corrected chi connectivity index (χ3v) is 28.5. The molecule has 0 unspecified atom stereocenters. The summed E-state index contributed by atoms with van der Waals surface area (Å²) in [5, 5.41) is 1.56. The van der Waals surface area contributed by atoms with E-state index in [1.165, 1.54) is 4.90 Å². The lowest BCUT2D eigenvalue weighted by Crippen LogP contribution is -2.39. The van der Waals surface area contributed by atoms with E-state index in [1.54, 1.807) is 159 Å². The number of aryl methyl sites for hydroxylation is 3. The van der Waals surface area contributed by atoms with Crippen LogP contribution in [0.25, 0.3) is 0 Å². The Balaban J connectivity index is 0.000000159. The molecule has 2 N–H and O–H groups in total. The van der Waals surface area contributed by atoms with E-state index in [0.29, 0.717) is 97.7 Å². The number of likely N-dealkylation sites (tertiary alicyclic amines) is 2. The molecule has 9 aromatic rings. The summed E-state index contributed by atoms with van der Waals surface area (Å²) in [6.07, 6.45) is 9.44. The molecule has 0 aliphatic carbocycles. The van der Waals surface area contributed by atoms with Gasteiger partial charge in [-0.2, -0.15) is 11.8 Å². The van der Waals surface area contributed by atoms with Gasteiger partial charge in [0, 0.05) is 155 Å². The molecule has 0 spiro atoms. The second-order valence-corrected chi connectivity index (χ2v) is 39.7. The Labute approximate surface area is 782 Å². The van der Waals surface area contributed by atoms with Crippen LogP contribution >= 0.6 is 61.8 Å². The van der Waals surface area contributed by atoms with Crippen LogP contribution in [0.1, 0.15) is 158 Å². The smallest absolute Gasteiger partial charge is 0.330 e. The van der Waals surface area contributed by atoms with Crippen molar-refractivity contribution in [2.45, 2.75) is 104 Å². The lowest BCUT2D eigenvalue weighted by Gasteiger charge is -2.26. The average molecular weight is 1890 g/mol. The molecule has 26 nitrogen and oxygen atoms in total. The van der Waals surface area contributed by atoms with E-state index >= 15 is 0 Å². The van der Waals surface area contributed by atoms with Gasteiger partial charge in [-0.1, -0.05) is 120 Å². The highest BCUT2D eigenvalue weighted by Crippen LogP contribution is 2.49. The van der Waals surface area contributed by atoms with Gasteiger partial charge in [0.2, 0.25) is 23.6 Å². The van der Waals surface area contributed by atoms with Crippen molar-refractivity contribution in [3.05, 3.63) is 311 Å². The van der Waals surface area contributed by atoms with Crippen LogP contribution in [0, 0.1) is 0 Å².